The standard InChI is InChI=1S/C15H15Br2N3O/c1-20(9-10-2-5-12(16)6-3-10)14-7-4-11(8-13(14)17)15(18)19-21/h2-8,21H,9H2,1H3,(H2,18,19). The van der Waals surface area contributed by atoms with E-state index in [0.717, 1.165) is 21.2 Å². The van der Waals surface area contributed by atoms with Gasteiger partial charge in [-0.05, 0) is 51.8 Å². The Balaban J connectivity index is 2.19. The Labute approximate surface area is 140 Å². The van der Waals surface area contributed by atoms with Crippen LogP contribution in [0.5, 0.6) is 0 Å². The number of nitrogens with two attached hydrogens (primary N) is 1. The highest BCUT2D eigenvalue weighted by molar-refractivity contribution is 9.10. The average molecular weight is 413 g/mol. The van der Waals surface area contributed by atoms with Crippen LogP contribution in [0.4, 0.5) is 5.69 Å². The zero-order valence-corrected chi connectivity index (χ0v) is 14.6. The molecule has 0 amide bonds. The van der Waals surface area contributed by atoms with Gasteiger partial charge in [-0.25, -0.2) is 0 Å². The number of hydrogen-bond donors (Lipinski definition) is 2. The number of nitrogens with zero attached hydrogens (tertiary/aromatic N) is 2. The second-order valence-electron chi connectivity index (χ2n) is 4.63. The van der Waals surface area contributed by atoms with Crippen LogP contribution in [0.3, 0.4) is 0 Å². The minimum Gasteiger partial charge on any atom is -0.409 e. The van der Waals surface area contributed by atoms with E-state index < -0.39 is 0 Å². The molecule has 0 spiro atoms. The molecular weight excluding hydrogens is 398 g/mol. The van der Waals surface area contributed by atoms with E-state index in [1.54, 1.807) is 0 Å². The smallest absolute Gasteiger partial charge is 0.170 e. The summed E-state index contributed by atoms with van der Waals surface area (Å²) in [5.74, 6) is 0.0952. The van der Waals surface area contributed by atoms with Crippen molar-refractivity contribution in [1.82, 2.24) is 0 Å². The van der Waals surface area contributed by atoms with Gasteiger partial charge in [0, 0.05) is 28.1 Å². The Kier molecular flexibility index (Phi) is 5.25. The van der Waals surface area contributed by atoms with Gasteiger partial charge in [-0.15, -0.1) is 0 Å². The fourth-order valence-electron chi connectivity index (χ4n) is 1.98. The summed E-state index contributed by atoms with van der Waals surface area (Å²) in [5.41, 5.74) is 8.51. The summed E-state index contributed by atoms with van der Waals surface area (Å²) in [6, 6.07) is 13.8. The van der Waals surface area contributed by atoms with Crippen molar-refractivity contribution in [3.63, 3.8) is 0 Å². The molecule has 110 valence electrons. The number of amidine groups is 1. The van der Waals surface area contributed by atoms with Gasteiger partial charge in [0.25, 0.3) is 0 Å². The van der Waals surface area contributed by atoms with Gasteiger partial charge in [0.1, 0.15) is 0 Å². The number of rotatable bonds is 4. The van der Waals surface area contributed by atoms with Crippen LogP contribution in [0.2, 0.25) is 0 Å². The highest BCUT2D eigenvalue weighted by Gasteiger charge is 2.09. The Morgan fingerprint density at radius 3 is 2.43 bits per heavy atom. The molecule has 0 aliphatic carbocycles. The Hall–Kier alpha value is -1.53. The third-order valence-corrected chi connectivity index (χ3v) is 4.26. The van der Waals surface area contributed by atoms with Crippen LogP contribution in [-0.4, -0.2) is 18.1 Å². The van der Waals surface area contributed by atoms with E-state index in [0.29, 0.717) is 5.56 Å². The first kappa shape index (κ1) is 15.9. The predicted octanol–water partition coefficient (Wildman–Crippen LogP) is 3.94. The molecule has 4 nitrogen and oxygen atoms in total. The quantitative estimate of drug-likeness (QED) is 0.346. The molecule has 2 aromatic rings. The highest BCUT2D eigenvalue weighted by Crippen LogP contribution is 2.27. The maximum absolute atomic E-state index is 8.71. The molecule has 2 rings (SSSR count). The zero-order chi connectivity index (χ0) is 15.4. The molecule has 3 N–H and O–H groups in total. The average Bonchev–Trinajstić information content (AvgIpc) is 2.48. The Morgan fingerprint density at radius 1 is 1.19 bits per heavy atom. The van der Waals surface area contributed by atoms with Gasteiger partial charge in [0.15, 0.2) is 5.84 Å². The van der Waals surface area contributed by atoms with Crippen LogP contribution >= 0.6 is 31.9 Å². The third kappa shape index (κ3) is 3.98. The fourth-order valence-corrected chi connectivity index (χ4v) is 2.93. The maximum atomic E-state index is 8.71. The molecule has 0 fully saturated rings. The van der Waals surface area contributed by atoms with E-state index >= 15 is 0 Å². The molecule has 6 heteroatoms. The number of hydrogen-bond acceptors (Lipinski definition) is 3. The van der Waals surface area contributed by atoms with Gasteiger partial charge in [-0.2, -0.15) is 0 Å². The number of oxime groups is 1. The van der Waals surface area contributed by atoms with Gasteiger partial charge in [0.05, 0.1) is 5.69 Å². The van der Waals surface area contributed by atoms with Crippen LogP contribution in [0.1, 0.15) is 11.1 Å². The van der Waals surface area contributed by atoms with E-state index in [-0.39, 0.29) is 5.84 Å². The van der Waals surface area contributed by atoms with Crippen molar-refractivity contribution in [2.75, 3.05) is 11.9 Å². The molecule has 0 unspecified atom stereocenters. The van der Waals surface area contributed by atoms with Crippen molar-refractivity contribution in [3.05, 3.63) is 62.5 Å². The topological polar surface area (TPSA) is 61.8 Å². The van der Waals surface area contributed by atoms with Crippen molar-refractivity contribution in [2.45, 2.75) is 6.54 Å². The van der Waals surface area contributed by atoms with E-state index in [1.165, 1.54) is 5.56 Å². The van der Waals surface area contributed by atoms with Crippen LogP contribution in [0.25, 0.3) is 0 Å². The molecule has 21 heavy (non-hydrogen) atoms. The van der Waals surface area contributed by atoms with Crippen molar-refractivity contribution in [2.24, 2.45) is 10.9 Å². The van der Waals surface area contributed by atoms with E-state index in [2.05, 4.69) is 54.0 Å². The number of benzene rings is 2. The first-order valence-corrected chi connectivity index (χ1v) is 7.83. The van der Waals surface area contributed by atoms with Gasteiger partial charge < -0.3 is 15.8 Å². The summed E-state index contributed by atoms with van der Waals surface area (Å²) < 4.78 is 1.96. The first-order chi connectivity index (χ1) is 10.0. The zero-order valence-electron chi connectivity index (χ0n) is 11.4. The molecule has 0 saturated carbocycles. The molecule has 0 aromatic heterocycles. The van der Waals surface area contributed by atoms with Crippen molar-refractivity contribution in [3.8, 4) is 0 Å². The van der Waals surface area contributed by atoms with Gasteiger partial charge in [-0.1, -0.05) is 33.2 Å². The lowest BCUT2D eigenvalue weighted by Crippen LogP contribution is -2.18. The normalized spacial score (nSPS) is 11.5. The largest absolute Gasteiger partial charge is 0.409 e. The Bertz CT molecular complexity index is 656. The van der Waals surface area contributed by atoms with Crippen molar-refractivity contribution < 1.29 is 5.21 Å². The fraction of sp³-hybridized carbons (Fsp3) is 0.133. The number of halogens is 2. The van der Waals surface area contributed by atoms with Crippen LogP contribution in [0, 0.1) is 0 Å². The summed E-state index contributed by atoms with van der Waals surface area (Å²) in [6.07, 6.45) is 0. The molecule has 0 radical (unpaired) electrons. The monoisotopic (exact) mass is 411 g/mol. The molecular formula is C15H15Br2N3O. The van der Waals surface area contributed by atoms with E-state index in [1.807, 2.05) is 37.4 Å². The van der Waals surface area contributed by atoms with Crippen molar-refractivity contribution >= 4 is 43.4 Å². The van der Waals surface area contributed by atoms with Gasteiger partial charge in [-0.3, -0.25) is 0 Å². The third-order valence-electron chi connectivity index (χ3n) is 3.10. The highest BCUT2D eigenvalue weighted by atomic mass is 79.9. The first-order valence-electron chi connectivity index (χ1n) is 6.24. The summed E-state index contributed by atoms with van der Waals surface area (Å²) in [5, 5.41) is 11.7. The number of anilines is 1. The second-order valence-corrected chi connectivity index (χ2v) is 6.40. The second kappa shape index (κ2) is 6.95. The van der Waals surface area contributed by atoms with Crippen LogP contribution < -0.4 is 10.6 Å². The minimum absolute atomic E-state index is 0.0952. The van der Waals surface area contributed by atoms with E-state index in [4.69, 9.17) is 10.9 Å². The summed E-state index contributed by atoms with van der Waals surface area (Å²) >= 11 is 6.96. The van der Waals surface area contributed by atoms with Gasteiger partial charge >= 0.3 is 0 Å². The molecule has 0 aliphatic rings. The van der Waals surface area contributed by atoms with Crippen molar-refractivity contribution in [1.29, 1.82) is 0 Å². The molecule has 2 aromatic carbocycles. The lowest BCUT2D eigenvalue weighted by atomic mass is 10.1. The van der Waals surface area contributed by atoms with Crippen LogP contribution in [0.15, 0.2) is 56.6 Å². The van der Waals surface area contributed by atoms with Crippen LogP contribution in [-0.2, 0) is 6.54 Å². The maximum Gasteiger partial charge on any atom is 0.170 e. The SMILES string of the molecule is CN(Cc1ccc(Br)cc1)c1ccc(/C(N)=N/O)cc1Br. The molecule has 0 saturated heterocycles. The Morgan fingerprint density at radius 2 is 1.86 bits per heavy atom. The lowest BCUT2D eigenvalue weighted by Gasteiger charge is -2.21. The molecule has 0 atom stereocenters. The predicted molar refractivity (Wildman–Crippen MR) is 92.9 cm³/mol. The lowest BCUT2D eigenvalue weighted by molar-refractivity contribution is 0.318. The summed E-state index contributed by atoms with van der Waals surface area (Å²) in [4.78, 5) is 2.13. The molecule has 0 aliphatic heterocycles. The summed E-state index contributed by atoms with van der Waals surface area (Å²) in [6.45, 7) is 0.787. The summed E-state index contributed by atoms with van der Waals surface area (Å²) in [7, 11) is 2.02. The minimum atomic E-state index is 0.0952. The molecule has 0 heterocycles. The van der Waals surface area contributed by atoms with E-state index in [9.17, 15) is 0 Å². The molecule has 0 bridgehead atoms. The van der Waals surface area contributed by atoms with Gasteiger partial charge in [0.2, 0.25) is 0 Å².